The van der Waals surface area contributed by atoms with Crippen LogP contribution in [0.5, 0.6) is 0 Å². The van der Waals surface area contributed by atoms with Crippen molar-refractivity contribution in [2.24, 2.45) is 11.8 Å². The molecule has 0 unspecified atom stereocenters. The van der Waals surface area contributed by atoms with E-state index < -0.39 is 29.8 Å². The Morgan fingerprint density at radius 1 is 1.19 bits per heavy atom. The van der Waals surface area contributed by atoms with Gasteiger partial charge in [-0.2, -0.15) is 0 Å². The van der Waals surface area contributed by atoms with Crippen molar-refractivity contribution in [1.82, 2.24) is 5.32 Å². The largest absolute Gasteiger partial charge is 0.481 e. The lowest BCUT2D eigenvalue weighted by Gasteiger charge is -2.30. The van der Waals surface area contributed by atoms with E-state index in [1.165, 1.54) is 7.11 Å². The summed E-state index contributed by atoms with van der Waals surface area (Å²) in [7, 11) is 1.31. The number of carboxylic acid groups (broad SMARTS) is 1. The molecule has 0 aliphatic heterocycles. The van der Waals surface area contributed by atoms with Crippen LogP contribution in [0, 0.1) is 25.7 Å². The fraction of sp³-hybridized carbons (Fsp3) is 0.550. The number of methoxy groups -OCH3 is 1. The van der Waals surface area contributed by atoms with Gasteiger partial charge in [-0.05, 0) is 37.8 Å². The molecule has 3 atom stereocenters. The van der Waals surface area contributed by atoms with Gasteiger partial charge >= 0.3 is 11.9 Å². The topological polar surface area (TPSA) is 92.7 Å². The fourth-order valence-electron chi connectivity index (χ4n) is 3.64. The lowest BCUT2D eigenvalue weighted by molar-refractivity contribution is -0.149. The van der Waals surface area contributed by atoms with Gasteiger partial charge in [0.2, 0.25) is 5.91 Å². The summed E-state index contributed by atoms with van der Waals surface area (Å²) in [6.07, 6.45) is 2.74. The Hall–Kier alpha value is -2.37. The molecule has 2 rings (SSSR count). The summed E-state index contributed by atoms with van der Waals surface area (Å²) in [5, 5.41) is 12.3. The third-order valence-electron chi connectivity index (χ3n) is 5.15. The van der Waals surface area contributed by atoms with Gasteiger partial charge in [-0.25, -0.2) is 0 Å². The average Bonchev–Trinajstić information content (AvgIpc) is 2.62. The van der Waals surface area contributed by atoms with Crippen molar-refractivity contribution in [1.29, 1.82) is 0 Å². The Labute approximate surface area is 153 Å². The number of ether oxygens (including phenoxy) is 1. The molecule has 142 valence electrons. The average molecular weight is 361 g/mol. The van der Waals surface area contributed by atoms with E-state index in [1.807, 2.05) is 32.0 Å². The predicted molar refractivity (Wildman–Crippen MR) is 96.5 cm³/mol. The molecule has 0 bridgehead atoms. The Balaban J connectivity index is 2.25. The number of carbonyl (C=O) groups excluding carboxylic acids is 2. The number of nitrogens with one attached hydrogen (secondary N) is 1. The zero-order chi connectivity index (χ0) is 19.3. The molecule has 0 saturated heterocycles. The maximum atomic E-state index is 12.8. The second-order valence-corrected chi connectivity index (χ2v) is 7.04. The predicted octanol–water partition coefficient (Wildman–Crippen LogP) is 2.91. The Kier molecular flexibility index (Phi) is 6.77. The first-order chi connectivity index (χ1) is 12.3. The van der Waals surface area contributed by atoms with Crippen LogP contribution in [-0.2, 0) is 19.1 Å². The van der Waals surface area contributed by atoms with Crippen LogP contribution in [-0.4, -0.2) is 30.1 Å². The van der Waals surface area contributed by atoms with Crippen LogP contribution in [0.25, 0.3) is 0 Å². The molecule has 0 aromatic heterocycles. The molecule has 0 radical (unpaired) electrons. The molecule has 0 spiro atoms. The Bertz CT molecular complexity index is 685. The quantitative estimate of drug-likeness (QED) is 0.760. The molecule has 6 heteroatoms. The van der Waals surface area contributed by atoms with Gasteiger partial charge in [-0.15, -0.1) is 0 Å². The molecule has 1 amide bonds. The first-order valence-corrected chi connectivity index (χ1v) is 9.00. The summed E-state index contributed by atoms with van der Waals surface area (Å²) < 4.78 is 4.77. The van der Waals surface area contributed by atoms with Gasteiger partial charge in [0.15, 0.2) is 0 Å². The molecule has 1 aliphatic carbocycles. The van der Waals surface area contributed by atoms with E-state index in [0.29, 0.717) is 12.8 Å². The van der Waals surface area contributed by atoms with E-state index in [-0.39, 0.29) is 12.3 Å². The van der Waals surface area contributed by atoms with Gasteiger partial charge < -0.3 is 15.2 Å². The minimum Gasteiger partial charge on any atom is -0.481 e. The van der Waals surface area contributed by atoms with Crippen molar-refractivity contribution in [2.75, 3.05) is 7.11 Å². The van der Waals surface area contributed by atoms with Gasteiger partial charge in [0.1, 0.15) is 0 Å². The van der Waals surface area contributed by atoms with E-state index in [1.54, 1.807) is 0 Å². The summed E-state index contributed by atoms with van der Waals surface area (Å²) in [5.41, 5.74) is 2.84. The van der Waals surface area contributed by atoms with Gasteiger partial charge in [0.25, 0.3) is 0 Å². The lowest BCUT2D eigenvalue weighted by Crippen LogP contribution is -2.41. The van der Waals surface area contributed by atoms with E-state index in [4.69, 9.17) is 4.74 Å². The van der Waals surface area contributed by atoms with Crippen LogP contribution < -0.4 is 5.32 Å². The molecule has 26 heavy (non-hydrogen) atoms. The highest BCUT2D eigenvalue weighted by Gasteiger charge is 2.36. The lowest BCUT2D eigenvalue weighted by atomic mass is 9.78. The van der Waals surface area contributed by atoms with Crippen molar-refractivity contribution in [2.45, 2.75) is 52.0 Å². The highest BCUT2D eigenvalue weighted by atomic mass is 16.5. The van der Waals surface area contributed by atoms with Crippen LogP contribution >= 0.6 is 0 Å². The number of benzene rings is 1. The zero-order valence-corrected chi connectivity index (χ0v) is 15.6. The summed E-state index contributed by atoms with van der Waals surface area (Å²) in [4.78, 5) is 36.2. The molecular formula is C20H27NO5. The van der Waals surface area contributed by atoms with Crippen molar-refractivity contribution in [3.63, 3.8) is 0 Å². The van der Waals surface area contributed by atoms with E-state index in [2.05, 4.69) is 5.32 Å². The van der Waals surface area contributed by atoms with Crippen LogP contribution in [0.3, 0.4) is 0 Å². The number of esters is 1. The molecule has 1 saturated carbocycles. The minimum atomic E-state index is -0.930. The smallest absolute Gasteiger partial charge is 0.307 e. The summed E-state index contributed by atoms with van der Waals surface area (Å²) in [6, 6.07) is 5.32. The zero-order valence-electron chi connectivity index (χ0n) is 15.6. The van der Waals surface area contributed by atoms with Gasteiger partial charge in [-0.3, -0.25) is 14.4 Å². The molecule has 0 heterocycles. The monoisotopic (exact) mass is 361 g/mol. The normalized spacial score (nSPS) is 20.9. The molecule has 1 fully saturated rings. The number of hydrogen-bond acceptors (Lipinski definition) is 4. The number of aliphatic carboxylic acids is 1. The van der Waals surface area contributed by atoms with E-state index in [0.717, 1.165) is 29.5 Å². The second-order valence-electron chi connectivity index (χ2n) is 7.04. The number of carboxylic acids is 1. The Morgan fingerprint density at radius 2 is 1.85 bits per heavy atom. The van der Waals surface area contributed by atoms with E-state index in [9.17, 15) is 19.5 Å². The second kappa shape index (κ2) is 8.83. The van der Waals surface area contributed by atoms with Crippen molar-refractivity contribution < 1.29 is 24.2 Å². The first-order valence-electron chi connectivity index (χ1n) is 9.00. The fourth-order valence-corrected chi connectivity index (χ4v) is 3.64. The number of amides is 1. The molecule has 1 aliphatic rings. The molecule has 1 aromatic carbocycles. The molecule has 6 nitrogen and oxygen atoms in total. The summed E-state index contributed by atoms with van der Waals surface area (Å²) >= 11 is 0. The van der Waals surface area contributed by atoms with Crippen LogP contribution in [0.2, 0.25) is 0 Å². The van der Waals surface area contributed by atoms with Crippen LogP contribution in [0.1, 0.15) is 54.8 Å². The van der Waals surface area contributed by atoms with E-state index >= 15 is 0 Å². The number of aryl methyl sites for hydroxylation is 2. The highest BCUT2D eigenvalue weighted by molar-refractivity contribution is 5.85. The highest BCUT2D eigenvalue weighted by Crippen LogP contribution is 2.32. The molecular weight excluding hydrogens is 334 g/mol. The van der Waals surface area contributed by atoms with Gasteiger partial charge in [0, 0.05) is 0 Å². The molecule has 1 aromatic rings. The van der Waals surface area contributed by atoms with Crippen LogP contribution in [0.4, 0.5) is 0 Å². The number of carbonyl (C=O) groups is 3. The third kappa shape index (κ3) is 4.84. The standard InChI is InChI=1S/C20H27NO5/c1-12-8-9-13(2)16(10-12)17(11-18(22)26-3)21-19(23)14-6-4-5-7-15(14)20(24)25/h8-10,14-15,17H,4-7,11H2,1-3H3,(H,21,23)(H,24,25)/t14-,15-,17+/m0/s1. The van der Waals surface area contributed by atoms with Crippen LogP contribution in [0.15, 0.2) is 18.2 Å². The number of hydrogen-bond donors (Lipinski definition) is 2. The molecule has 2 N–H and O–H groups in total. The van der Waals surface area contributed by atoms with Gasteiger partial charge in [-0.1, -0.05) is 36.6 Å². The first kappa shape index (κ1) is 19.9. The SMILES string of the molecule is COC(=O)C[C@@H](NC(=O)[C@H]1CCCC[C@@H]1C(=O)O)c1cc(C)ccc1C. The van der Waals surface area contributed by atoms with Gasteiger partial charge in [0.05, 0.1) is 31.4 Å². The summed E-state index contributed by atoms with van der Waals surface area (Å²) in [5.74, 6) is -2.88. The third-order valence-corrected chi connectivity index (χ3v) is 5.15. The maximum Gasteiger partial charge on any atom is 0.307 e. The van der Waals surface area contributed by atoms with Crippen molar-refractivity contribution >= 4 is 17.8 Å². The summed E-state index contributed by atoms with van der Waals surface area (Å²) in [6.45, 7) is 3.87. The van der Waals surface area contributed by atoms with Crippen molar-refractivity contribution in [3.05, 3.63) is 34.9 Å². The number of rotatable bonds is 6. The minimum absolute atomic E-state index is 0.0109. The Morgan fingerprint density at radius 3 is 2.46 bits per heavy atom. The van der Waals surface area contributed by atoms with Crippen molar-refractivity contribution in [3.8, 4) is 0 Å². The maximum absolute atomic E-state index is 12.8.